The molecule has 0 bridgehead atoms. The Hall–Kier alpha value is -1.23. The molecule has 0 saturated heterocycles. The minimum atomic E-state index is 0.536. The van der Waals surface area contributed by atoms with Gasteiger partial charge in [0.1, 0.15) is 0 Å². The Morgan fingerprint density at radius 1 is 1.20 bits per heavy atom. The highest BCUT2D eigenvalue weighted by atomic mass is 32.1. The third-order valence-corrected chi connectivity index (χ3v) is 4.07. The van der Waals surface area contributed by atoms with Crippen molar-refractivity contribution >= 4 is 11.3 Å². The Morgan fingerprint density at radius 2 is 2.00 bits per heavy atom. The maximum atomic E-state index is 4.16. The van der Waals surface area contributed by atoms with Gasteiger partial charge in [-0.1, -0.05) is 19.9 Å². The first kappa shape index (κ1) is 15.2. The van der Waals surface area contributed by atoms with E-state index in [-0.39, 0.29) is 0 Å². The standard InChI is InChI=1S/C16H23N3S/c1-13(2)18-10-15-6-7-16(20-15)12-19(3)11-14-5-4-8-17-9-14/h4-9,13,18H,10-12H2,1-3H3. The number of pyridine rings is 1. The Morgan fingerprint density at radius 3 is 2.70 bits per heavy atom. The van der Waals surface area contributed by atoms with Gasteiger partial charge in [-0.05, 0) is 30.8 Å². The molecule has 2 heterocycles. The molecule has 20 heavy (non-hydrogen) atoms. The Bertz CT molecular complexity index is 507. The van der Waals surface area contributed by atoms with E-state index in [0.717, 1.165) is 19.6 Å². The number of thiophene rings is 1. The van der Waals surface area contributed by atoms with Gasteiger partial charge >= 0.3 is 0 Å². The van der Waals surface area contributed by atoms with Crippen molar-refractivity contribution in [2.75, 3.05) is 7.05 Å². The molecule has 2 rings (SSSR count). The minimum absolute atomic E-state index is 0.536. The first-order chi connectivity index (χ1) is 9.63. The Kier molecular flexibility index (Phi) is 5.71. The average molecular weight is 289 g/mol. The van der Waals surface area contributed by atoms with Crippen LogP contribution in [0.4, 0.5) is 0 Å². The third-order valence-electron chi connectivity index (χ3n) is 3.00. The SMILES string of the molecule is CC(C)NCc1ccc(CN(C)Cc2cccnc2)s1. The number of nitrogens with one attached hydrogen (secondary N) is 1. The van der Waals surface area contributed by atoms with Crippen molar-refractivity contribution in [3.05, 3.63) is 52.0 Å². The maximum absolute atomic E-state index is 4.16. The Balaban J connectivity index is 1.83. The van der Waals surface area contributed by atoms with Crippen LogP contribution in [0.5, 0.6) is 0 Å². The second-order valence-electron chi connectivity index (χ2n) is 5.44. The molecule has 0 spiro atoms. The highest BCUT2D eigenvalue weighted by Gasteiger charge is 2.05. The van der Waals surface area contributed by atoms with Crippen molar-refractivity contribution in [1.82, 2.24) is 15.2 Å². The molecule has 0 saturated carbocycles. The molecule has 2 aromatic heterocycles. The first-order valence-electron chi connectivity index (χ1n) is 7.02. The predicted molar refractivity (Wildman–Crippen MR) is 85.7 cm³/mol. The van der Waals surface area contributed by atoms with E-state index in [2.05, 4.69) is 54.3 Å². The Labute approximate surface area is 125 Å². The second-order valence-corrected chi connectivity index (χ2v) is 6.69. The van der Waals surface area contributed by atoms with E-state index >= 15 is 0 Å². The molecule has 108 valence electrons. The summed E-state index contributed by atoms with van der Waals surface area (Å²) in [6.07, 6.45) is 3.75. The summed E-state index contributed by atoms with van der Waals surface area (Å²) in [5.41, 5.74) is 1.26. The quantitative estimate of drug-likeness (QED) is 0.848. The molecule has 0 fully saturated rings. The van der Waals surface area contributed by atoms with E-state index in [1.807, 2.05) is 29.8 Å². The lowest BCUT2D eigenvalue weighted by Crippen LogP contribution is -2.21. The molecule has 4 heteroatoms. The molecule has 3 nitrogen and oxygen atoms in total. The van der Waals surface area contributed by atoms with Crippen molar-refractivity contribution in [3.8, 4) is 0 Å². The van der Waals surface area contributed by atoms with Gasteiger partial charge in [-0.15, -0.1) is 11.3 Å². The molecule has 0 radical (unpaired) electrons. The molecule has 0 atom stereocenters. The van der Waals surface area contributed by atoms with Gasteiger partial charge in [0, 0.05) is 47.8 Å². The molecule has 0 aromatic carbocycles. The van der Waals surface area contributed by atoms with Gasteiger partial charge in [0.2, 0.25) is 0 Å². The maximum Gasteiger partial charge on any atom is 0.0328 e. The predicted octanol–water partition coefficient (Wildman–Crippen LogP) is 3.27. The fourth-order valence-corrected chi connectivity index (χ4v) is 3.08. The van der Waals surface area contributed by atoms with Gasteiger partial charge < -0.3 is 5.32 Å². The van der Waals surface area contributed by atoms with Crippen LogP contribution in [0.3, 0.4) is 0 Å². The van der Waals surface area contributed by atoms with Crippen LogP contribution in [0, 0.1) is 0 Å². The zero-order valence-corrected chi connectivity index (χ0v) is 13.3. The molecule has 0 aliphatic carbocycles. The van der Waals surface area contributed by atoms with Crippen LogP contribution in [0.1, 0.15) is 29.2 Å². The lowest BCUT2D eigenvalue weighted by Gasteiger charge is -2.15. The molecule has 2 aromatic rings. The van der Waals surface area contributed by atoms with Crippen LogP contribution in [0.25, 0.3) is 0 Å². The molecular formula is C16H23N3S. The average Bonchev–Trinajstić information content (AvgIpc) is 2.85. The van der Waals surface area contributed by atoms with Gasteiger partial charge in [0.25, 0.3) is 0 Å². The normalized spacial score (nSPS) is 11.4. The van der Waals surface area contributed by atoms with E-state index in [1.54, 1.807) is 0 Å². The van der Waals surface area contributed by atoms with Gasteiger partial charge in [-0.2, -0.15) is 0 Å². The van der Waals surface area contributed by atoms with E-state index in [4.69, 9.17) is 0 Å². The van der Waals surface area contributed by atoms with E-state index in [9.17, 15) is 0 Å². The summed E-state index contributed by atoms with van der Waals surface area (Å²) >= 11 is 1.89. The summed E-state index contributed by atoms with van der Waals surface area (Å²) in [4.78, 5) is 9.30. The summed E-state index contributed by atoms with van der Waals surface area (Å²) in [5.74, 6) is 0. The van der Waals surface area contributed by atoms with Gasteiger partial charge in [-0.3, -0.25) is 9.88 Å². The molecule has 0 aliphatic heterocycles. The summed E-state index contributed by atoms with van der Waals surface area (Å²) < 4.78 is 0. The van der Waals surface area contributed by atoms with Gasteiger partial charge in [0.05, 0.1) is 0 Å². The molecule has 0 unspecified atom stereocenters. The van der Waals surface area contributed by atoms with Crippen molar-refractivity contribution in [1.29, 1.82) is 0 Å². The first-order valence-corrected chi connectivity index (χ1v) is 7.83. The topological polar surface area (TPSA) is 28.2 Å². The van der Waals surface area contributed by atoms with Crippen LogP contribution in [-0.4, -0.2) is 23.0 Å². The number of hydrogen-bond donors (Lipinski definition) is 1. The molecule has 0 amide bonds. The zero-order chi connectivity index (χ0) is 14.4. The number of rotatable bonds is 7. The van der Waals surface area contributed by atoms with E-state index < -0.39 is 0 Å². The number of hydrogen-bond acceptors (Lipinski definition) is 4. The largest absolute Gasteiger partial charge is 0.310 e. The number of aromatic nitrogens is 1. The van der Waals surface area contributed by atoms with Crippen LogP contribution < -0.4 is 5.32 Å². The van der Waals surface area contributed by atoms with Crippen LogP contribution in [0.15, 0.2) is 36.7 Å². The van der Waals surface area contributed by atoms with Gasteiger partial charge in [-0.25, -0.2) is 0 Å². The van der Waals surface area contributed by atoms with Crippen LogP contribution >= 0.6 is 11.3 Å². The van der Waals surface area contributed by atoms with Crippen LogP contribution in [-0.2, 0) is 19.6 Å². The summed E-state index contributed by atoms with van der Waals surface area (Å²) in [6, 6.07) is 9.11. The monoisotopic (exact) mass is 289 g/mol. The fourth-order valence-electron chi connectivity index (χ4n) is 2.03. The lowest BCUT2D eigenvalue weighted by atomic mass is 10.2. The highest BCUT2D eigenvalue weighted by Crippen LogP contribution is 2.18. The van der Waals surface area contributed by atoms with Crippen LogP contribution in [0.2, 0.25) is 0 Å². The number of nitrogens with zero attached hydrogens (tertiary/aromatic N) is 2. The van der Waals surface area contributed by atoms with Crippen molar-refractivity contribution in [2.45, 2.75) is 39.5 Å². The minimum Gasteiger partial charge on any atom is -0.310 e. The van der Waals surface area contributed by atoms with Crippen molar-refractivity contribution in [3.63, 3.8) is 0 Å². The summed E-state index contributed by atoms with van der Waals surface area (Å²) in [6.45, 7) is 7.24. The van der Waals surface area contributed by atoms with Crippen molar-refractivity contribution < 1.29 is 0 Å². The molecular weight excluding hydrogens is 266 g/mol. The highest BCUT2D eigenvalue weighted by molar-refractivity contribution is 7.11. The van der Waals surface area contributed by atoms with E-state index in [0.29, 0.717) is 6.04 Å². The fraction of sp³-hybridized carbons (Fsp3) is 0.438. The lowest BCUT2D eigenvalue weighted by molar-refractivity contribution is 0.321. The van der Waals surface area contributed by atoms with E-state index in [1.165, 1.54) is 15.3 Å². The molecule has 0 aliphatic rings. The third kappa shape index (κ3) is 5.04. The second kappa shape index (κ2) is 7.53. The summed E-state index contributed by atoms with van der Waals surface area (Å²) in [5, 5.41) is 3.46. The van der Waals surface area contributed by atoms with Crippen molar-refractivity contribution in [2.24, 2.45) is 0 Å². The molecule has 1 N–H and O–H groups in total. The van der Waals surface area contributed by atoms with Gasteiger partial charge in [0.15, 0.2) is 0 Å². The zero-order valence-electron chi connectivity index (χ0n) is 12.5. The summed E-state index contributed by atoms with van der Waals surface area (Å²) in [7, 11) is 2.15. The smallest absolute Gasteiger partial charge is 0.0328 e.